The van der Waals surface area contributed by atoms with Gasteiger partial charge < -0.3 is 9.47 Å². The molecular weight excluding hydrogens is 511 g/mol. The van der Waals surface area contributed by atoms with Gasteiger partial charge in [0.15, 0.2) is 13.2 Å². The number of carbonyl (C=O) groups is 1. The zero-order valence-electron chi connectivity index (χ0n) is 19.5. The van der Waals surface area contributed by atoms with Gasteiger partial charge in [0.05, 0.1) is 16.1 Å². The molecule has 0 aliphatic carbocycles. The lowest BCUT2D eigenvalue weighted by atomic mass is 10.0. The zero-order chi connectivity index (χ0) is 26.9. The second-order valence-corrected chi connectivity index (χ2v) is 8.71. The molecule has 0 atom stereocenters. The third kappa shape index (κ3) is 5.12. The van der Waals surface area contributed by atoms with Gasteiger partial charge in [0.2, 0.25) is 0 Å². The molecule has 0 radical (unpaired) electrons. The minimum Gasteiger partial charge on any atom is -0.481 e. The summed E-state index contributed by atoms with van der Waals surface area (Å²) in [5, 5.41) is 0.529. The topological polar surface area (TPSA) is 92.4 Å². The summed E-state index contributed by atoms with van der Waals surface area (Å²) in [6.07, 6.45) is 0.216. The van der Waals surface area contributed by atoms with E-state index in [1.165, 1.54) is 12.1 Å². The van der Waals surface area contributed by atoms with Gasteiger partial charge in [-0.2, -0.15) is 17.5 Å². The molecule has 0 aliphatic heterocycles. The van der Waals surface area contributed by atoms with E-state index < -0.39 is 35.7 Å². The van der Waals surface area contributed by atoms with Crippen molar-refractivity contribution < 1.29 is 27.4 Å². The predicted octanol–water partition coefficient (Wildman–Crippen LogP) is 3.70. The lowest BCUT2D eigenvalue weighted by Crippen LogP contribution is -2.40. The number of aromatic nitrogens is 3. The first-order valence-electron chi connectivity index (χ1n) is 10.6. The van der Waals surface area contributed by atoms with Crippen LogP contribution in [-0.4, -0.2) is 32.7 Å². The molecule has 190 valence electrons. The van der Waals surface area contributed by atoms with Crippen LogP contribution in [0.2, 0.25) is 0 Å². The van der Waals surface area contributed by atoms with Crippen LogP contribution >= 0.6 is 11.5 Å². The van der Waals surface area contributed by atoms with E-state index in [0.717, 1.165) is 24.1 Å². The minimum atomic E-state index is -4.87. The van der Waals surface area contributed by atoms with Gasteiger partial charge in [0, 0.05) is 24.1 Å². The average Bonchev–Trinajstić information content (AvgIpc) is 3.26. The zero-order valence-corrected chi connectivity index (χ0v) is 20.3. The van der Waals surface area contributed by atoms with Gasteiger partial charge in [-0.15, -0.1) is 6.42 Å². The van der Waals surface area contributed by atoms with Crippen molar-refractivity contribution in [2.75, 3.05) is 13.2 Å². The largest absolute Gasteiger partial charge is 0.481 e. The number of alkyl halides is 3. The molecule has 8 nitrogen and oxygen atoms in total. The SMILES string of the molecule is C#CCOC(=O)COc1ccc(C)cc1-c1nsc2ccc(-n3c(=O)cc(C(F)(F)F)n(C)c3=O)cc12. The maximum Gasteiger partial charge on any atom is 0.431 e. The molecule has 0 unspecified atom stereocenters. The van der Waals surface area contributed by atoms with Crippen molar-refractivity contribution in [1.82, 2.24) is 13.5 Å². The quantitative estimate of drug-likeness (QED) is 0.280. The number of hydrogen-bond acceptors (Lipinski definition) is 7. The Labute approximate surface area is 211 Å². The molecular formula is C25H18F3N3O5S. The Morgan fingerprint density at radius 1 is 1.16 bits per heavy atom. The molecule has 2 heterocycles. The summed E-state index contributed by atoms with van der Waals surface area (Å²) in [5.41, 5.74) is -1.71. The molecule has 0 amide bonds. The standard InChI is InChI=1S/C25H18F3N3O5S/c1-4-9-35-22(33)13-36-18-7-5-14(2)10-16(18)23-17-11-15(6-8-19(17)37-29-23)31-21(32)12-20(25(26,27)28)30(3)24(31)34/h1,5-8,10-12H,9,13H2,2-3H3. The number of terminal acetylenes is 1. The van der Waals surface area contributed by atoms with Crippen LogP contribution in [0.5, 0.6) is 5.75 Å². The summed E-state index contributed by atoms with van der Waals surface area (Å²) in [7, 11) is 0.947. The monoisotopic (exact) mass is 529 g/mol. The Balaban J connectivity index is 1.81. The minimum absolute atomic E-state index is 0.0706. The highest BCUT2D eigenvalue weighted by atomic mass is 32.1. The van der Waals surface area contributed by atoms with Gasteiger partial charge in [0.25, 0.3) is 5.56 Å². The molecule has 0 aliphatic rings. The molecule has 37 heavy (non-hydrogen) atoms. The number of halogens is 3. The van der Waals surface area contributed by atoms with Crippen LogP contribution in [0, 0.1) is 19.3 Å². The average molecular weight is 529 g/mol. The lowest BCUT2D eigenvalue weighted by Gasteiger charge is -2.14. The van der Waals surface area contributed by atoms with Crippen molar-refractivity contribution in [1.29, 1.82) is 0 Å². The molecule has 4 aromatic rings. The van der Waals surface area contributed by atoms with Crippen molar-refractivity contribution in [2.45, 2.75) is 13.1 Å². The highest BCUT2D eigenvalue weighted by Gasteiger charge is 2.35. The first-order valence-corrected chi connectivity index (χ1v) is 11.4. The summed E-state index contributed by atoms with van der Waals surface area (Å²) in [4.78, 5) is 37.2. The van der Waals surface area contributed by atoms with E-state index in [4.69, 9.17) is 15.9 Å². The van der Waals surface area contributed by atoms with Gasteiger partial charge in [-0.3, -0.25) is 9.36 Å². The summed E-state index contributed by atoms with van der Waals surface area (Å²) in [6, 6.07) is 10.2. The number of esters is 1. The van der Waals surface area contributed by atoms with Crippen LogP contribution in [0.25, 0.3) is 27.0 Å². The van der Waals surface area contributed by atoms with Crippen molar-refractivity contribution in [3.8, 4) is 35.0 Å². The van der Waals surface area contributed by atoms with Crippen LogP contribution in [0.15, 0.2) is 52.1 Å². The van der Waals surface area contributed by atoms with Crippen molar-refractivity contribution in [3.05, 3.63) is 74.6 Å². The Hall–Kier alpha value is -4.37. The maximum atomic E-state index is 13.2. The van der Waals surface area contributed by atoms with Gasteiger partial charge >= 0.3 is 17.8 Å². The van der Waals surface area contributed by atoms with E-state index >= 15 is 0 Å². The van der Waals surface area contributed by atoms with Crippen LogP contribution in [0.1, 0.15) is 11.3 Å². The number of hydrogen-bond donors (Lipinski definition) is 0. The van der Waals surface area contributed by atoms with Gasteiger partial charge in [0.1, 0.15) is 11.4 Å². The molecule has 12 heteroatoms. The van der Waals surface area contributed by atoms with Crippen molar-refractivity contribution in [2.24, 2.45) is 7.05 Å². The van der Waals surface area contributed by atoms with E-state index in [-0.39, 0.29) is 12.3 Å². The summed E-state index contributed by atoms with van der Waals surface area (Å²) >= 11 is 1.14. The van der Waals surface area contributed by atoms with E-state index in [1.807, 2.05) is 6.92 Å². The predicted molar refractivity (Wildman–Crippen MR) is 131 cm³/mol. The van der Waals surface area contributed by atoms with E-state index in [0.29, 0.717) is 42.3 Å². The van der Waals surface area contributed by atoms with Gasteiger partial charge in [-0.1, -0.05) is 17.6 Å². The highest BCUT2D eigenvalue weighted by molar-refractivity contribution is 7.13. The fourth-order valence-electron chi connectivity index (χ4n) is 3.65. The molecule has 0 saturated carbocycles. The van der Waals surface area contributed by atoms with E-state index in [2.05, 4.69) is 10.3 Å². The summed E-state index contributed by atoms with van der Waals surface area (Å²) in [5.74, 6) is 1.85. The van der Waals surface area contributed by atoms with Crippen LogP contribution < -0.4 is 16.0 Å². The number of fused-ring (bicyclic) bond motifs is 1. The first-order chi connectivity index (χ1) is 17.5. The van der Waals surface area contributed by atoms with E-state index in [9.17, 15) is 27.6 Å². The summed E-state index contributed by atoms with van der Waals surface area (Å²) in [6.45, 7) is 1.26. The second kappa shape index (κ2) is 9.94. The third-order valence-electron chi connectivity index (χ3n) is 5.37. The number of nitrogens with zero attached hydrogens (tertiary/aromatic N) is 3. The Morgan fingerprint density at radius 2 is 1.92 bits per heavy atom. The number of benzene rings is 2. The van der Waals surface area contributed by atoms with Crippen LogP contribution in [-0.2, 0) is 22.8 Å². The van der Waals surface area contributed by atoms with Crippen LogP contribution in [0.4, 0.5) is 13.2 Å². The van der Waals surface area contributed by atoms with Gasteiger partial charge in [-0.05, 0) is 48.8 Å². The normalized spacial score (nSPS) is 11.4. The Bertz CT molecular complexity index is 1680. The van der Waals surface area contributed by atoms with Gasteiger partial charge in [-0.25, -0.2) is 14.2 Å². The fraction of sp³-hybridized carbons (Fsp3) is 0.200. The third-order valence-corrected chi connectivity index (χ3v) is 6.20. The second-order valence-electron chi connectivity index (χ2n) is 7.91. The molecule has 2 aromatic carbocycles. The molecule has 0 saturated heterocycles. The number of ether oxygens (including phenoxy) is 2. The first kappa shape index (κ1) is 25.7. The molecule has 0 bridgehead atoms. The summed E-state index contributed by atoms with van der Waals surface area (Å²) < 4.78 is 56.4. The lowest BCUT2D eigenvalue weighted by molar-refractivity contribution is -0.145. The van der Waals surface area contributed by atoms with Crippen LogP contribution in [0.3, 0.4) is 0 Å². The maximum absolute atomic E-state index is 13.2. The molecule has 2 aromatic heterocycles. The van der Waals surface area contributed by atoms with Crippen molar-refractivity contribution >= 4 is 27.6 Å². The smallest absolute Gasteiger partial charge is 0.431 e. The molecule has 0 fully saturated rings. The Kier molecular flexibility index (Phi) is 6.91. The molecule has 0 N–H and O–H groups in total. The number of carbonyl (C=O) groups excluding carboxylic acids is 1. The van der Waals surface area contributed by atoms with E-state index in [1.54, 1.807) is 24.3 Å². The number of rotatable bonds is 6. The molecule has 4 rings (SSSR count). The molecule has 0 spiro atoms. The highest BCUT2D eigenvalue weighted by Crippen LogP contribution is 2.37. The van der Waals surface area contributed by atoms with Crippen molar-refractivity contribution in [3.63, 3.8) is 0 Å². The Morgan fingerprint density at radius 3 is 2.62 bits per heavy atom. The fourth-order valence-corrected chi connectivity index (χ4v) is 4.42. The number of aryl methyl sites for hydroxylation is 1.